The molecule has 0 aliphatic carbocycles. The van der Waals surface area contributed by atoms with Gasteiger partial charge in [-0.3, -0.25) is 0 Å². The van der Waals surface area contributed by atoms with Crippen molar-refractivity contribution in [1.82, 2.24) is 0 Å². The van der Waals surface area contributed by atoms with Gasteiger partial charge in [0.2, 0.25) is 0 Å². The van der Waals surface area contributed by atoms with Crippen LogP contribution in [0.4, 0.5) is 0 Å². The van der Waals surface area contributed by atoms with Crippen LogP contribution in [0.2, 0.25) is 6.04 Å². The van der Waals surface area contributed by atoms with Gasteiger partial charge in [0.25, 0.3) is 0 Å². The van der Waals surface area contributed by atoms with Gasteiger partial charge in [-0.2, -0.15) is 0 Å². The average Bonchev–Trinajstić information content (AvgIpc) is 1.72. The zero-order valence-corrected chi connectivity index (χ0v) is 6.77. The fourth-order valence-corrected chi connectivity index (χ4v) is 4.96. The fourth-order valence-electron chi connectivity index (χ4n) is 0.687. The molecule has 1 heterocycles. The van der Waals surface area contributed by atoms with Crippen LogP contribution in [-0.2, 0) is 4.43 Å². The summed E-state index contributed by atoms with van der Waals surface area (Å²) in [4.78, 5) is 0. The van der Waals surface area contributed by atoms with Gasteiger partial charge in [0.05, 0.1) is 0 Å². The lowest BCUT2D eigenvalue weighted by Gasteiger charge is -2.07. The SMILES string of the molecule is C1CO[SiH2][SiH2]C1. The van der Waals surface area contributed by atoms with Crippen LogP contribution in [0.15, 0.2) is 0 Å². The Morgan fingerprint density at radius 3 is 2.67 bits per heavy atom. The summed E-state index contributed by atoms with van der Waals surface area (Å²) in [6.07, 6.45) is 1.37. The van der Waals surface area contributed by atoms with Gasteiger partial charge in [0.15, 0.2) is 0 Å². The van der Waals surface area contributed by atoms with Crippen LogP contribution in [0, 0.1) is 0 Å². The molecular weight excluding hydrogens is 108 g/mol. The van der Waals surface area contributed by atoms with Gasteiger partial charge in [0.1, 0.15) is 9.28 Å². The van der Waals surface area contributed by atoms with Crippen LogP contribution < -0.4 is 0 Å². The summed E-state index contributed by atoms with van der Waals surface area (Å²) in [6, 6.07) is 1.58. The van der Waals surface area contributed by atoms with Gasteiger partial charge in [-0.15, -0.1) is 0 Å². The molecule has 1 nitrogen and oxygen atoms in total. The first-order valence-electron chi connectivity index (χ1n) is 2.58. The van der Waals surface area contributed by atoms with Gasteiger partial charge < -0.3 is 4.43 Å². The van der Waals surface area contributed by atoms with E-state index < -0.39 is 0 Å². The van der Waals surface area contributed by atoms with Crippen LogP contribution in [0.5, 0.6) is 0 Å². The molecule has 1 aliphatic heterocycles. The lowest BCUT2D eigenvalue weighted by atomic mass is 10.5. The highest BCUT2D eigenvalue weighted by Gasteiger charge is 1.96. The largest absolute Gasteiger partial charge is 0.428 e. The summed E-state index contributed by atoms with van der Waals surface area (Å²) in [5, 5.41) is 0. The zero-order valence-electron chi connectivity index (χ0n) is 3.94. The highest BCUT2D eigenvalue weighted by molar-refractivity contribution is 6.97. The Labute approximate surface area is 42.6 Å². The molecule has 1 saturated heterocycles. The number of hydrogen-bond donors (Lipinski definition) is 0. The molecule has 0 bridgehead atoms. The van der Waals surface area contributed by atoms with Crippen LogP contribution in [-0.4, -0.2) is 24.9 Å². The molecule has 0 unspecified atom stereocenters. The van der Waals surface area contributed by atoms with Gasteiger partial charge in [0, 0.05) is 15.6 Å². The average molecular weight is 118 g/mol. The molecule has 0 aromatic heterocycles. The summed E-state index contributed by atoms with van der Waals surface area (Å²) < 4.78 is 5.27. The Kier molecular flexibility index (Phi) is 1.93. The lowest BCUT2D eigenvalue weighted by Crippen LogP contribution is -2.15. The summed E-state index contributed by atoms with van der Waals surface area (Å²) in [5.74, 6) is 0. The van der Waals surface area contributed by atoms with Crippen molar-refractivity contribution >= 4 is 18.3 Å². The minimum atomic E-state index is 0.147. The topological polar surface area (TPSA) is 9.23 Å². The van der Waals surface area contributed by atoms with E-state index in [0.717, 1.165) is 6.61 Å². The Morgan fingerprint density at radius 1 is 1.50 bits per heavy atom. The van der Waals surface area contributed by atoms with E-state index in [0.29, 0.717) is 9.04 Å². The maximum Gasteiger partial charge on any atom is 0.143 e. The van der Waals surface area contributed by atoms with E-state index in [1.807, 2.05) is 0 Å². The molecule has 0 aromatic rings. The van der Waals surface area contributed by atoms with Crippen LogP contribution >= 0.6 is 0 Å². The van der Waals surface area contributed by atoms with Crippen LogP contribution in [0.3, 0.4) is 0 Å². The monoisotopic (exact) mass is 118 g/mol. The standard InChI is InChI=1S/C3H10OSi2/c1-2-4-6-5-3-1/h1-3,5-6H2. The van der Waals surface area contributed by atoms with E-state index in [-0.39, 0.29) is 9.28 Å². The molecule has 1 rings (SSSR count). The molecule has 0 saturated carbocycles. The van der Waals surface area contributed by atoms with Gasteiger partial charge in [-0.1, -0.05) is 6.04 Å². The van der Waals surface area contributed by atoms with E-state index in [9.17, 15) is 0 Å². The zero-order chi connectivity index (χ0) is 4.24. The molecule has 0 radical (unpaired) electrons. The van der Waals surface area contributed by atoms with Crippen molar-refractivity contribution in [2.75, 3.05) is 6.61 Å². The molecule has 0 aromatic carbocycles. The van der Waals surface area contributed by atoms with Crippen LogP contribution in [0.25, 0.3) is 0 Å². The highest BCUT2D eigenvalue weighted by Crippen LogP contribution is 1.93. The highest BCUT2D eigenvalue weighted by atomic mass is 29.2. The van der Waals surface area contributed by atoms with E-state index >= 15 is 0 Å². The fraction of sp³-hybridized carbons (Fsp3) is 1.00. The second kappa shape index (κ2) is 2.55. The van der Waals surface area contributed by atoms with E-state index in [2.05, 4.69) is 0 Å². The van der Waals surface area contributed by atoms with Gasteiger partial charge >= 0.3 is 0 Å². The van der Waals surface area contributed by atoms with E-state index in [1.165, 1.54) is 6.42 Å². The third-order valence-electron chi connectivity index (χ3n) is 1.08. The molecule has 0 spiro atoms. The number of rotatable bonds is 0. The normalized spacial score (nSPS) is 32.0. The minimum absolute atomic E-state index is 0.147. The first kappa shape index (κ1) is 4.55. The molecule has 1 fully saturated rings. The molecule has 0 amide bonds. The molecule has 1 aliphatic rings. The van der Waals surface area contributed by atoms with E-state index in [1.54, 1.807) is 6.04 Å². The Balaban J connectivity index is 2.00. The van der Waals surface area contributed by atoms with Crippen molar-refractivity contribution in [2.24, 2.45) is 0 Å². The first-order chi connectivity index (χ1) is 3.00. The quantitative estimate of drug-likeness (QED) is 0.371. The second-order valence-corrected chi connectivity index (χ2v) is 7.25. The second-order valence-electron chi connectivity index (χ2n) is 1.67. The predicted octanol–water partition coefficient (Wildman–Crippen LogP) is -1.01. The Hall–Kier alpha value is 0.394. The van der Waals surface area contributed by atoms with Crippen molar-refractivity contribution in [1.29, 1.82) is 0 Å². The maximum absolute atomic E-state index is 5.27. The molecule has 3 heteroatoms. The molecular formula is C3H10OSi2. The molecule has 0 atom stereocenters. The predicted molar refractivity (Wildman–Crippen MR) is 32.5 cm³/mol. The molecule has 0 N–H and O–H groups in total. The first-order valence-corrected chi connectivity index (χ1v) is 8.15. The van der Waals surface area contributed by atoms with E-state index in [4.69, 9.17) is 4.43 Å². The van der Waals surface area contributed by atoms with Gasteiger partial charge in [-0.05, 0) is 6.42 Å². The van der Waals surface area contributed by atoms with Crippen molar-refractivity contribution in [2.45, 2.75) is 12.5 Å². The smallest absolute Gasteiger partial charge is 0.143 e. The molecule has 6 heavy (non-hydrogen) atoms. The van der Waals surface area contributed by atoms with Crippen LogP contribution in [0.1, 0.15) is 6.42 Å². The van der Waals surface area contributed by atoms with Crippen molar-refractivity contribution in [3.8, 4) is 0 Å². The summed E-state index contributed by atoms with van der Waals surface area (Å²) in [6.45, 7) is 1.10. The Bertz CT molecular complexity index is 24.3. The number of hydrogen-bond acceptors (Lipinski definition) is 1. The van der Waals surface area contributed by atoms with Crippen molar-refractivity contribution in [3.05, 3.63) is 0 Å². The van der Waals surface area contributed by atoms with Crippen molar-refractivity contribution < 1.29 is 4.43 Å². The minimum Gasteiger partial charge on any atom is -0.428 e. The lowest BCUT2D eigenvalue weighted by molar-refractivity contribution is 0.337. The third kappa shape index (κ3) is 1.24. The third-order valence-corrected chi connectivity index (χ3v) is 6.18. The maximum atomic E-state index is 5.27. The van der Waals surface area contributed by atoms with Gasteiger partial charge in [-0.25, -0.2) is 0 Å². The molecule has 36 valence electrons. The summed E-state index contributed by atoms with van der Waals surface area (Å²) in [7, 11) is 0.573. The Morgan fingerprint density at radius 2 is 2.50 bits per heavy atom. The summed E-state index contributed by atoms with van der Waals surface area (Å²) in [5.41, 5.74) is 0. The summed E-state index contributed by atoms with van der Waals surface area (Å²) >= 11 is 0. The van der Waals surface area contributed by atoms with Crippen molar-refractivity contribution in [3.63, 3.8) is 0 Å².